The zero-order valence-electron chi connectivity index (χ0n) is 16.1. The summed E-state index contributed by atoms with van der Waals surface area (Å²) in [7, 11) is 0. The van der Waals surface area contributed by atoms with E-state index in [4.69, 9.17) is 14.1 Å². The molecule has 28 heavy (non-hydrogen) atoms. The molecule has 1 N–H and O–H groups in total. The van der Waals surface area contributed by atoms with Gasteiger partial charge in [-0.25, -0.2) is 4.63 Å². The minimum absolute atomic E-state index is 0.141. The molecule has 0 radical (unpaired) electrons. The van der Waals surface area contributed by atoms with Crippen LogP contribution in [-0.2, 0) is 4.79 Å². The number of carbonyl (C=O) groups excluding carboxylic acids is 1. The number of carbonyl (C=O) groups is 1. The van der Waals surface area contributed by atoms with E-state index in [1.807, 2.05) is 49.4 Å². The molecule has 2 aromatic carbocycles. The van der Waals surface area contributed by atoms with Gasteiger partial charge in [-0.1, -0.05) is 26.0 Å². The number of nitrogens with one attached hydrogen (secondary N) is 1. The average molecular weight is 381 g/mol. The fourth-order valence-corrected chi connectivity index (χ4v) is 2.45. The SMILES string of the molecule is Cc1cccc(OCC(=O)Nc2nonc2-c2ccc(OCC(C)C)cc2)c1. The Balaban J connectivity index is 1.60. The number of aryl methyl sites for hydroxylation is 1. The van der Waals surface area contributed by atoms with E-state index in [1.54, 1.807) is 6.07 Å². The number of ether oxygens (including phenoxy) is 2. The molecule has 7 heteroatoms. The fourth-order valence-electron chi connectivity index (χ4n) is 2.45. The second kappa shape index (κ2) is 9.03. The van der Waals surface area contributed by atoms with Crippen molar-refractivity contribution in [3.63, 3.8) is 0 Å². The van der Waals surface area contributed by atoms with Crippen molar-refractivity contribution in [2.45, 2.75) is 20.8 Å². The minimum Gasteiger partial charge on any atom is -0.493 e. The maximum absolute atomic E-state index is 12.2. The highest BCUT2D eigenvalue weighted by atomic mass is 16.6. The Morgan fingerprint density at radius 3 is 2.57 bits per heavy atom. The summed E-state index contributed by atoms with van der Waals surface area (Å²) in [6.45, 7) is 6.64. The van der Waals surface area contributed by atoms with Gasteiger partial charge in [0.25, 0.3) is 5.91 Å². The molecule has 0 aliphatic heterocycles. The van der Waals surface area contributed by atoms with Crippen molar-refractivity contribution in [1.29, 1.82) is 0 Å². The van der Waals surface area contributed by atoms with Crippen LogP contribution in [0.2, 0.25) is 0 Å². The third-order valence-electron chi connectivity index (χ3n) is 3.82. The molecule has 0 fully saturated rings. The summed E-state index contributed by atoms with van der Waals surface area (Å²) in [5, 5.41) is 10.3. The van der Waals surface area contributed by atoms with E-state index in [9.17, 15) is 4.79 Å². The summed E-state index contributed by atoms with van der Waals surface area (Å²) in [5.41, 5.74) is 2.26. The topological polar surface area (TPSA) is 86.5 Å². The Morgan fingerprint density at radius 1 is 1.07 bits per heavy atom. The first kappa shape index (κ1) is 19.4. The molecule has 0 saturated heterocycles. The zero-order valence-corrected chi connectivity index (χ0v) is 16.1. The lowest BCUT2D eigenvalue weighted by Crippen LogP contribution is -2.20. The van der Waals surface area contributed by atoms with Gasteiger partial charge in [0.2, 0.25) is 5.82 Å². The van der Waals surface area contributed by atoms with E-state index in [1.165, 1.54) is 0 Å². The first-order chi connectivity index (χ1) is 13.5. The molecule has 1 heterocycles. The Morgan fingerprint density at radius 2 is 1.86 bits per heavy atom. The van der Waals surface area contributed by atoms with E-state index in [2.05, 4.69) is 29.5 Å². The van der Waals surface area contributed by atoms with Gasteiger partial charge in [-0.05, 0) is 65.1 Å². The smallest absolute Gasteiger partial charge is 0.263 e. The lowest BCUT2D eigenvalue weighted by molar-refractivity contribution is -0.118. The molecule has 0 saturated carbocycles. The van der Waals surface area contributed by atoms with Gasteiger partial charge in [0.15, 0.2) is 12.3 Å². The summed E-state index contributed by atoms with van der Waals surface area (Å²) < 4.78 is 16.0. The Hall–Kier alpha value is -3.35. The van der Waals surface area contributed by atoms with Crippen LogP contribution in [0.15, 0.2) is 53.2 Å². The summed E-state index contributed by atoms with van der Waals surface area (Å²) in [5.74, 6) is 1.74. The van der Waals surface area contributed by atoms with Gasteiger partial charge in [0.1, 0.15) is 11.5 Å². The molecule has 3 rings (SSSR count). The molecule has 0 bridgehead atoms. The molecule has 1 amide bonds. The summed E-state index contributed by atoms with van der Waals surface area (Å²) in [6.07, 6.45) is 0. The number of aromatic nitrogens is 2. The minimum atomic E-state index is -0.352. The normalized spacial score (nSPS) is 10.7. The number of amides is 1. The van der Waals surface area contributed by atoms with Crippen LogP contribution in [0, 0.1) is 12.8 Å². The van der Waals surface area contributed by atoms with Crippen molar-refractivity contribution in [2.75, 3.05) is 18.5 Å². The van der Waals surface area contributed by atoms with Crippen molar-refractivity contribution in [3.05, 3.63) is 54.1 Å². The highest BCUT2D eigenvalue weighted by molar-refractivity contribution is 5.94. The molecular formula is C21H23N3O4. The van der Waals surface area contributed by atoms with Crippen molar-refractivity contribution >= 4 is 11.7 Å². The Bertz CT molecular complexity index is 919. The largest absolute Gasteiger partial charge is 0.493 e. The Labute approximate surface area is 163 Å². The number of hydrogen-bond acceptors (Lipinski definition) is 6. The lowest BCUT2D eigenvalue weighted by Gasteiger charge is -2.09. The van der Waals surface area contributed by atoms with Crippen molar-refractivity contribution in [1.82, 2.24) is 10.3 Å². The van der Waals surface area contributed by atoms with Gasteiger partial charge in [-0.2, -0.15) is 0 Å². The number of hydrogen-bond donors (Lipinski definition) is 1. The highest BCUT2D eigenvalue weighted by Crippen LogP contribution is 2.26. The predicted molar refractivity (Wildman–Crippen MR) is 105 cm³/mol. The summed E-state index contributed by atoms with van der Waals surface area (Å²) in [6, 6.07) is 14.9. The van der Waals surface area contributed by atoms with Crippen LogP contribution in [0.3, 0.4) is 0 Å². The molecule has 0 aliphatic rings. The quantitative estimate of drug-likeness (QED) is 0.632. The molecule has 7 nitrogen and oxygen atoms in total. The van der Waals surface area contributed by atoms with Crippen molar-refractivity contribution in [3.8, 4) is 22.8 Å². The molecule has 0 spiro atoms. The van der Waals surface area contributed by atoms with E-state index < -0.39 is 0 Å². The van der Waals surface area contributed by atoms with Crippen LogP contribution in [0.25, 0.3) is 11.3 Å². The van der Waals surface area contributed by atoms with Crippen LogP contribution in [0.1, 0.15) is 19.4 Å². The average Bonchev–Trinajstić information content (AvgIpc) is 3.13. The molecule has 3 aromatic rings. The van der Waals surface area contributed by atoms with Crippen LogP contribution in [0.5, 0.6) is 11.5 Å². The maximum Gasteiger partial charge on any atom is 0.263 e. The fraction of sp³-hybridized carbons (Fsp3) is 0.286. The molecule has 0 aliphatic carbocycles. The Kier molecular flexibility index (Phi) is 6.26. The second-order valence-corrected chi connectivity index (χ2v) is 6.84. The standard InChI is InChI=1S/C21H23N3O4/c1-14(2)12-26-17-9-7-16(8-10-17)20-21(24-28-23-20)22-19(25)13-27-18-6-4-5-15(3)11-18/h4-11,14H,12-13H2,1-3H3,(H,22,24,25). The maximum atomic E-state index is 12.2. The van der Waals surface area contributed by atoms with Gasteiger partial charge in [-0.15, -0.1) is 0 Å². The predicted octanol–water partition coefficient (Wildman–Crippen LogP) is 4.10. The number of anilines is 1. The van der Waals surface area contributed by atoms with E-state index in [-0.39, 0.29) is 18.3 Å². The van der Waals surface area contributed by atoms with E-state index in [0.717, 1.165) is 16.9 Å². The molecule has 146 valence electrons. The zero-order chi connectivity index (χ0) is 19.9. The third-order valence-corrected chi connectivity index (χ3v) is 3.82. The molecule has 0 atom stereocenters. The van der Waals surface area contributed by atoms with Crippen LogP contribution in [0.4, 0.5) is 5.82 Å². The highest BCUT2D eigenvalue weighted by Gasteiger charge is 2.15. The first-order valence-corrected chi connectivity index (χ1v) is 9.06. The van der Waals surface area contributed by atoms with Crippen LogP contribution in [-0.4, -0.2) is 29.4 Å². The van der Waals surface area contributed by atoms with Gasteiger partial charge < -0.3 is 14.8 Å². The van der Waals surface area contributed by atoms with Crippen LogP contribution >= 0.6 is 0 Å². The summed E-state index contributed by atoms with van der Waals surface area (Å²) in [4.78, 5) is 12.2. The van der Waals surface area contributed by atoms with E-state index >= 15 is 0 Å². The molecule has 1 aromatic heterocycles. The van der Waals surface area contributed by atoms with Gasteiger partial charge in [0.05, 0.1) is 6.61 Å². The summed E-state index contributed by atoms with van der Waals surface area (Å²) >= 11 is 0. The van der Waals surface area contributed by atoms with Crippen molar-refractivity contribution < 1.29 is 18.9 Å². The second-order valence-electron chi connectivity index (χ2n) is 6.84. The third kappa shape index (κ3) is 5.33. The lowest BCUT2D eigenvalue weighted by atomic mass is 10.1. The number of benzene rings is 2. The van der Waals surface area contributed by atoms with E-state index in [0.29, 0.717) is 24.0 Å². The van der Waals surface area contributed by atoms with Gasteiger partial charge in [-0.3, -0.25) is 4.79 Å². The van der Waals surface area contributed by atoms with Gasteiger partial charge in [0, 0.05) is 5.56 Å². The number of rotatable bonds is 8. The van der Waals surface area contributed by atoms with Crippen LogP contribution < -0.4 is 14.8 Å². The first-order valence-electron chi connectivity index (χ1n) is 9.06. The van der Waals surface area contributed by atoms with Crippen molar-refractivity contribution in [2.24, 2.45) is 5.92 Å². The monoisotopic (exact) mass is 381 g/mol. The molecule has 0 unspecified atom stereocenters. The van der Waals surface area contributed by atoms with Gasteiger partial charge >= 0.3 is 0 Å². The molecular weight excluding hydrogens is 358 g/mol. The number of nitrogens with zero attached hydrogens (tertiary/aromatic N) is 2.